The van der Waals surface area contributed by atoms with Crippen molar-refractivity contribution >= 4 is 0 Å². The molecule has 0 saturated heterocycles. The lowest BCUT2D eigenvalue weighted by molar-refractivity contribution is 0.580. The van der Waals surface area contributed by atoms with Crippen LogP contribution < -0.4 is 5.32 Å². The van der Waals surface area contributed by atoms with Gasteiger partial charge < -0.3 is 5.32 Å². The maximum absolute atomic E-state index is 4.26. The van der Waals surface area contributed by atoms with Crippen molar-refractivity contribution in [3.63, 3.8) is 0 Å². The fourth-order valence-corrected chi connectivity index (χ4v) is 2.22. The zero-order chi connectivity index (χ0) is 11.2. The lowest BCUT2D eigenvalue weighted by atomic mass is 10.2. The second kappa shape index (κ2) is 5.85. The monoisotopic (exact) mass is 219 g/mol. The van der Waals surface area contributed by atoms with Crippen LogP contribution in [0.3, 0.4) is 0 Å². The lowest BCUT2D eigenvalue weighted by Crippen LogP contribution is -2.18. The molecule has 0 aliphatic heterocycles. The van der Waals surface area contributed by atoms with Gasteiger partial charge in [-0.2, -0.15) is 5.10 Å². The molecule has 0 fully saturated rings. The van der Waals surface area contributed by atoms with Crippen LogP contribution in [0.5, 0.6) is 0 Å². The summed E-state index contributed by atoms with van der Waals surface area (Å²) >= 11 is 0. The third-order valence-electron chi connectivity index (χ3n) is 3.17. The number of aromatic nitrogens is 2. The lowest BCUT2D eigenvalue weighted by Gasteiger charge is -2.07. The molecule has 1 aliphatic rings. The molecule has 0 bridgehead atoms. The summed E-state index contributed by atoms with van der Waals surface area (Å²) in [4.78, 5) is 0. The number of aryl methyl sites for hydroxylation is 1. The highest BCUT2D eigenvalue weighted by molar-refractivity contribution is 5.07. The molecule has 0 amide bonds. The molecule has 0 saturated carbocycles. The van der Waals surface area contributed by atoms with Crippen molar-refractivity contribution in [2.24, 2.45) is 0 Å². The summed E-state index contributed by atoms with van der Waals surface area (Å²) in [6, 6.07) is 2.09. The van der Waals surface area contributed by atoms with Crippen molar-refractivity contribution < 1.29 is 0 Å². The molecule has 88 valence electrons. The zero-order valence-corrected chi connectivity index (χ0v) is 10.1. The molecule has 1 heterocycles. The van der Waals surface area contributed by atoms with Crippen LogP contribution in [0.25, 0.3) is 0 Å². The van der Waals surface area contributed by atoms with Crippen LogP contribution in [0.15, 0.2) is 23.9 Å². The summed E-state index contributed by atoms with van der Waals surface area (Å²) in [7, 11) is 0. The van der Waals surface area contributed by atoms with Gasteiger partial charge in [-0.1, -0.05) is 11.6 Å². The predicted molar refractivity (Wildman–Crippen MR) is 66.2 cm³/mol. The Balaban J connectivity index is 1.67. The van der Waals surface area contributed by atoms with Crippen LogP contribution in [0, 0.1) is 0 Å². The molecular formula is C13H21N3. The van der Waals surface area contributed by atoms with E-state index in [1.165, 1.54) is 31.4 Å². The van der Waals surface area contributed by atoms with Gasteiger partial charge in [-0.15, -0.1) is 0 Å². The van der Waals surface area contributed by atoms with E-state index in [4.69, 9.17) is 0 Å². The van der Waals surface area contributed by atoms with Crippen LogP contribution in [-0.4, -0.2) is 16.3 Å². The fourth-order valence-electron chi connectivity index (χ4n) is 2.22. The van der Waals surface area contributed by atoms with Crippen molar-refractivity contribution in [3.8, 4) is 0 Å². The van der Waals surface area contributed by atoms with Gasteiger partial charge in [-0.25, -0.2) is 0 Å². The molecule has 1 aliphatic carbocycles. The second-order valence-corrected chi connectivity index (χ2v) is 4.32. The van der Waals surface area contributed by atoms with Gasteiger partial charge >= 0.3 is 0 Å². The largest absolute Gasteiger partial charge is 0.311 e. The van der Waals surface area contributed by atoms with Crippen molar-refractivity contribution in [1.29, 1.82) is 0 Å². The van der Waals surface area contributed by atoms with Gasteiger partial charge in [-0.3, -0.25) is 4.68 Å². The highest BCUT2D eigenvalue weighted by Gasteiger charge is 2.04. The first kappa shape index (κ1) is 11.4. The zero-order valence-electron chi connectivity index (χ0n) is 10.1. The molecular weight excluding hydrogens is 198 g/mol. The molecule has 3 heteroatoms. The predicted octanol–water partition coefficient (Wildman–Crippen LogP) is 2.49. The van der Waals surface area contributed by atoms with E-state index in [9.17, 15) is 0 Å². The first-order valence-electron chi connectivity index (χ1n) is 6.29. The van der Waals surface area contributed by atoms with E-state index in [0.717, 1.165) is 19.6 Å². The number of nitrogens with zero attached hydrogens (tertiary/aromatic N) is 2. The smallest absolute Gasteiger partial charge is 0.0521 e. The van der Waals surface area contributed by atoms with E-state index in [1.807, 2.05) is 10.9 Å². The van der Waals surface area contributed by atoms with E-state index < -0.39 is 0 Å². The van der Waals surface area contributed by atoms with Crippen LogP contribution >= 0.6 is 0 Å². The van der Waals surface area contributed by atoms with E-state index in [1.54, 1.807) is 5.57 Å². The minimum Gasteiger partial charge on any atom is -0.311 e. The first-order chi connectivity index (χ1) is 7.90. The molecule has 0 radical (unpaired) electrons. The summed E-state index contributed by atoms with van der Waals surface area (Å²) < 4.78 is 2.04. The van der Waals surface area contributed by atoms with Crippen molar-refractivity contribution in [2.45, 2.75) is 45.7 Å². The highest BCUT2D eigenvalue weighted by Crippen LogP contribution is 2.19. The normalized spacial score (nSPS) is 15.4. The van der Waals surface area contributed by atoms with E-state index in [-0.39, 0.29) is 0 Å². The van der Waals surface area contributed by atoms with E-state index in [0.29, 0.717) is 0 Å². The average molecular weight is 219 g/mol. The second-order valence-electron chi connectivity index (χ2n) is 4.32. The topological polar surface area (TPSA) is 29.9 Å². The van der Waals surface area contributed by atoms with Gasteiger partial charge in [0.05, 0.1) is 5.69 Å². The Labute approximate surface area is 97.5 Å². The van der Waals surface area contributed by atoms with Gasteiger partial charge in [0.2, 0.25) is 0 Å². The van der Waals surface area contributed by atoms with Crippen LogP contribution in [0.1, 0.15) is 38.3 Å². The molecule has 0 spiro atoms. The Hall–Kier alpha value is -1.09. The molecule has 16 heavy (non-hydrogen) atoms. The summed E-state index contributed by atoms with van der Waals surface area (Å²) in [5.74, 6) is 0. The van der Waals surface area contributed by atoms with Crippen molar-refractivity contribution in [3.05, 3.63) is 29.6 Å². The average Bonchev–Trinajstić information content (AvgIpc) is 2.95. The number of nitrogens with one attached hydrogen (secondary N) is 1. The fraction of sp³-hybridized carbons (Fsp3) is 0.615. The Morgan fingerprint density at radius 1 is 1.50 bits per heavy atom. The Morgan fingerprint density at radius 3 is 3.19 bits per heavy atom. The van der Waals surface area contributed by atoms with Gasteiger partial charge in [0.15, 0.2) is 0 Å². The van der Waals surface area contributed by atoms with Crippen LogP contribution in [0.4, 0.5) is 0 Å². The number of rotatable bonds is 6. The van der Waals surface area contributed by atoms with Gasteiger partial charge in [0.25, 0.3) is 0 Å². The number of hydrogen-bond donors (Lipinski definition) is 1. The summed E-state index contributed by atoms with van der Waals surface area (Å²) in [6.45, 7) is 5.09. The molecule has 0 unspecified atom stereocenters. The Morgan fingerprint density at radius 2 is 2.44 bits per heavy atom. The standard InChI is InChI=1S/C13H21N3/c1-2-16-13(8-10-15-16)11-14-9-7-12-5-3-4-6-12/h5,8,10,14H,2-4,6-7,9,11H2,1H3. The van der Waals surface area contributed by atoms with E-state index >= 15 is 0 Å². The molecule has 1 N–H and O–H groups in total. The number of hydrogen-bond acceptors (Lipinski definition) is 2. The minimum atomic E-state index is 0.932. The molecule has 2 rings (SSSR count). The molecule has 3 nitrogen and oxygen atoms in total. The summed E-state index contributed by atoms with van der Waals surface area (Å²) in [5, 5.41) is 7.74. The van der Waals surface area contributed by atoms with Crippen LogP contribution in [-0.2, 0) is 13.1 Å². The van der Waals surface area contributed by atoms with Gasteiger partial charge in [0.1, 0.15) is 0 Å². The molecule has 0 atom stereocenters. The highest BCUT2D eigenvalue weighted by atomic mass is 15.3. The first-order valence-corrected chi connectivity index (χ1v) is 6.29. The Bertz CT molecular complexity index is 352. The maximum atomic E-state index is 4.26. The molecule has 1 aromatic rings. The third-order valence-corrected chi connectivity index (χ3v) is 3.17. The quantitative estimate of drug-likeness (QED) is 0.588. The third kappa shape index (κ3) is 2.95. The van der Waals surface area contributed by atoms with Gasteiger partial charge in [0, 0.05) is 19.3 Å². The SMILES string of the molecule is CCn1nccc1CNCCC1=CCCC1. The maximum Gasteiger partial charge on any atom is 0.0521 e. The van der Waals surface area contributed by atoms with Gasteiger partial charge in [-0.05, 0) is 45.2 Å². The summed E-state index contributed by atoms with van der Waals surface area (Å²) in [6.07, 6.45) is 9.45. The van der Waals surface area contributed by atoms with E-state index in [2.05, 4.69) is 29.5 Å². The minimum absolute atomic E-state index is 0.932. The van der Waals surface area contributed by atoms with Crippen molar-refractivity contribution in [2.75, 3.05) is 6.54 Å². The molecule has 1 aromatic heterocycles. The van der Waals surface area contributed by atoms with Crippen molar-refractivity contribution in [1.82, 2.24) is 15.1 Å². The number of allylic oxidation sites excluding steroid dienone is 1. The summed E-state index contributed by atoms with van der Waals surface area (Å²) in [5.41, 5.74) is 2.92. The molecule has 0 aromatic carbocycles. The van der Waals surface area contributed by atoms with Crippen LogP contribution in [0.2, 0.25) is 0 Å². The Kier molecular flexibility index (Phi) is 4.17.